The first-order chi connectivity index (χ1) is 10.5. The topological polar surface area (TPSA) is 45.5 Å². The Morgan fingerprint density at radius 1 is 1.27 bits per heavy atom. The average Bonchev–Trinajstić information content (AvgIpc) is 2.49. The molecule has 0 radical (unpaired) electrons. The third-order valence-corrected chi connectivity index (χ3v) is 4.40. The second kappa shape index (κ2) is 5.57. The van der Waals surface area contributed by atoms with E-state index in [-0.39, 0.29) is 17.0 Å². The largest absolute Gasteiger partial charge is 0.503 e. The number of aryl methyl sites for hydroxylation is 1. The molecule has 0 bridgehead atoms. The van der Waals surface area contributed by atoms with Crippen LogP contribution in [-0.4, -0.2) is 21.1 Å². The quantitative estimate of drug-likeness (QED) is 0.926. The van der Waals surface area contributed by atoms with Crippen LogP contribution in [0, 0.1) is 19.7 Å². The minimum atomic E-state index is -0.324. The van der Waals surface area contributed by atoms with Crippen molar-refractivity contribution >= 4 is 0 Å². The Balaban J connectivity index is 1.89. The molecule has 5 heteroatoms. The molecule has 22 heavy (non-hydrogen) atoms. The molecule has 116 valence electrons. The highest BCUT2D eigenvalue weighted by Gasteiger charge is 2.21. The van der Waals surface area contributed by atoms with Crippen LogP contribution in [0.5, 0.6) is 5.75 Å². The van der Waals surface area contributed by atoms with Gasteiger partial charge in [-0.3, -0.25) is 9.69 Å². The van der Waals surface area contributed by atoms with Gasteiger partial charge in [-0.05, 0) is 25.5 Å². The zero-order chi connectivity index (χ0) is 15.9. The zero-order valence-corrected chi connectivity index (χ0v) is 12.8. The summed E-state index contributed by atoms with van der Waals surface area (Å²) in [6, 6.07) is 5.10. The summed E-state index contributed by atoms with van der Waals surface area (Å²) < 4.78 is 15.9. The Morgan fingerprint density at radius 2 is 2.05 bits per heavy atom. The van der Waals surface area contributed by atoms with Crippen molar-refractivity contribution in [2.75, 3.05) is 6.54 Å². The molecule has 0 saturated heterocycles. The van der Waals surface area contributed by atoms with E-state index >= 15 is 0 Å². The van der Waals surface area contributed by atoms with Crippen molar-refractivity contribution in [2.45, 2.75) is 33.5 Å². The number of halogens is 1. The van der Waals surface area contributed by atoms with Gasteiger partial charge in [0.2, 0.25) is 5.43 Å². The first-order valence-electron chi connectivity index (χ1n) is 7.35. The third-order valence-electron chi connectivity index (χ3n) is 4.40. The standard InChI is InChI=1S/C17H19FN2O2/c1-11-4-3-5-14(18)13(11)8-19-6-7-20-10-16(21)17(22)12(2)15(20)9-19/h3-5,10,21H,6-9H2,1-2H3. The molecule has 0 unspecified atom stereocenters. The molecule has 0 saturated carbocycles. The van der Waals surface area contributed by atoms with Gasteiger partial charge in [0.05, 0.1) is 6.20 Å². The lowest BCUT2D eigenvalue weighted by atomic mass is 10.1. The second-order valence-electron chi connectivity index (χ2n) is 5.85. The van der Waals surface area contributed by atoms with Gasteiger partial charge in [0.15, 0.2) is 5.75 Å². The van der Waals surface area contributed by atoms with E-state index in [2.05, 4.69) is 4.90 Å². The molecule has 1 aliphatic heterocycles. The molecule has 1 N–H and O–H groups in total. The molecule has 3 rings (SSSR count). The van der Waals surface area contributed by atoms with E-state index in [1.807, 2.05) is 17.6 Å². The lowest BCUT2D eigenvalue weighted by molar-refractivity contribution is 0.206. The van der Waals surface area contributed by atoms with Gasteiger partial charge in [-0.1, -0.05) is 12.1 Å². The predicted octanol–water partition coefficient (Wildman–Crippen LogP) is 2.33. The van der Waals surface area contributed by atoms with Crippen LogP contribution in [0.1, 0.15) is 22.4 Å². The Hall–Kier alpha value is -2.14. The predicted molar refractivity (Wildman–Crippen MR) is 82.4 cm³/mol. The highest BCUT2D eigenvalue weighted by atomic mass is 19.1. The van der Waals surface area contributed by atoms with Crippen molar-refractivity contribution in [1.82, 2.24) is 9.47 Å². The number of nitrogens with zero attached hydrogens (tertiary/aromatic N) is 2. The van der Waals surface area contributed by atoms with Crippen molar-refractivity contribution in [3.8, 4) is 5.75 Å². The first-order valence-corrected chi connectivity index (χ1v) is 7.35. The van der Waals surface area contributed by atoms with Gasteiger partial charge in [0.25, 0.3) is 0 Å². The number of rotatable bonds is 2. The van der Waals surface area contributed by atoms with Crippen molar-refractivity contribution in [3.05, 3.63) is 62.8 Å². The second-order valence-corrected chi connectivity index (χ2v) is 5.85. The van der Waals surface area contributed by atoms with Crippen LogP contribution >= 0.6 is 0 Å². The zero-order valence-electron chi connectivity index (χ0n) is 12.8. The van der Waals surface area contributed by atoms with Crippen LogP contribution in [0.4, 0.5) is 4.39 Å². The molecule has 4 nitrogen and oxygen atoms in total. The molecule has 0 fully saturated rings. The minimum absolute atomic E-state index is 0.189. The van der Waals surface area contributed by atoms with E-state index in [1.54, 1.807) is 13.0 Å². The van der Waals surface area contributed by atoms with Crippen molar-refractivity contribution in [3.63, 3.8) is 0 Å². The Morgan fingerprint density at radius 3 is 2.77 bits per heavy atom. The summed E-state index contributed by atoms with van der Waals surface area (Å²) >= 11 is 0. The fourth-order valence-electron chi connectivity index (χ4n) is 3.00. The highest BCUT2D eigenvalue weighted by molar-refractivity contribution is 5.31. The monoisotopic (exact) mass is 302 g/mol. The average molecular weight is 302 g/mol. The lowest BCUT2D eigenvalue weighted by Crippen LogP contribution is -2.36. The summed E-state index contributed by atoms with van der Waals surface area (Å²) in [6.45, 7) is 6.16. The maximum absolute atomic E-state index is 14.0. The minimum Gasteiger partial charge on any atom is -0.503 e. The van der Waals surface area contributed by atoms with Gasteiger partial charge in [-0.25, -0.2) is 4.39 Å². The maximum Gasteiger partial charge on any atom is 0.226 e. The molecule has 1 aromatic carbocycles. The first kappa shape index (κ1) is 14.8. The van der Waals surface area contributed by atoms with Crippen LogP contribution in [-0.2, 0) is 19.6 Å². The molecular weight excluding hydrogens is 283 g/mol. The van der Waals surface area contributed by atoms with Crippen LogP contribution in [0.25, 0.3) is 0 Å². The van der Waals surface area contributed by atoms with Crippen LogP contribution < -0.4 is 5.43 Å². The molecule has 1 aliphatic rings. The Labute approximate surface area is 128 Å². The molecular formula is C17H19FN2O2. The van der Waals surface area contributed by atoms with Gasteiger partial charge in [0.1, 0.15) is 5.82 Å². The highest BCUT2D eigenvalue weighted by Crippen LogP contribution is 2.21. The third kappa shape index (κ3) is 2.52. The van der Waals surface area contributed by atoms with E-state index in [4.69, 9.17) is 0 Å². The summed E-state index contributed by atoms with van der Waals surface area (Å²) in [5, 5.41) is 9.63. The molecule has 0 amide bonds. The molecule has 1 aromatic heterocycles. The van der Waals surface area contributed by atoms with Gasteiger partial charge in [-0.2, -0.15) is 0 Å². The van der Waals surface area contributed by atoms with E-state index in [0.29, 0.717) is 30.8 Å². The van der Waals surface area contributed by atoms with Gasteiger partial charge < -0.3 is 9.67 Å². The normalized spacial score (nSPS) is 14.9. The SMILES string of the molecule is Cc1cccc(F)c1CN1CCn2cc(O)c(=O)c(C)c2C1. The number of fused-ring (bicyclic) bond motifs is 1. The number of hydrogen-bond donors (Lipinski definition) is 1. The Bertz CT molecular complexity index is 763. The molecule has 0 aliphatic carbocycles. The number of aromatic hydroxyl groups is 1. The number of hydrogen-bond acceptors (Lipinski definition) is 3. The van der Waals surface area contributed by atoms with Gasteiger partial charge >= 0.3 is 0 Å². The van der Waals surface area contributed by atoms with E-state index < -0.39 is 0 Å². The van der Waals surface area contributed by atoms with Crippen LogP contribution in [0.3, 0.4) is 0 Å². The van der Waals surface area contributed by atoms with Crippen LogP contribution in [0.2, 0.25) is 0 Å². The van der Waals surface area contributed by atoms with Crippen molar-refractivity contribution in [2.24, 2.45) is 0 Å². The maximum atomic E-state index is 14.0. The number of aromatic nitrogens is 1. The van der Waals surface area contributed by atoms with Gasteiger partial charge in [0, 0.05) is 43.0 Å². The van der Waals surface area contributed by atoms with Gasteiger partial charge in [-0.15, -0.1) is 0 Å². The van der Waals surface area contributed by atoms with E-state index in [1.165, 1.54) is 12.3 Å². The fourth-order valence-corrected chi connectivity index (χ4v) is 3.00. The summed E-state index contributed by atoms with van der Waals surface area (Å²) in [5.74, 6) is -0.398. The van der Waals surface area contributed by atoms with Crippen molar-refractivity contribution < 1.29 is 9.50 Å². The number of benzene rings is 1. The summed E-state index contributed by atoms with van der Waals surface area (Å²) in [5.41, 5.74) is 2.77. The molecule has 0 atom stereocenters. The molecule has 0 spiro atoms. The summed E-state index contributed by atoms with van der Waals surface area (Å²) in [7, 11) is 0. The van der Waals surface area contributed by atoms with E-state index in [9.17, 15) is 14.3 Å². The Kier molecular flexibility index (Phi) is 3.74. The smallest absolute Gasteiger partial charge is 0.226 e. The van der Waals surface area contributed by atoms with Crippen molar-refractivity contribution in [1.29, 1.82) is 0 Å². The molecule has 2 heterocycles. The van der Waals surface area contributed by atoms with E-state index in [0.717, 1.165) is 17.8 Å². The molecule has 2 aromatic rings. The van der Waals surface area contributed by atoms with Crippen LogP contribution in [0.15, 0.2) is 29.2 Å². The lowest BCUT2D eigenvalue weighted by Gasteiger charge is -2.31. The fraction of sp³-hybridized carbons (Fsp3) is 0.353. The summed E-state index contributed by atoms with van der Waals surface area (Å²) in [6.07, 6.45) is 1.50. The summed E-state index contributed by atoms with van der Waals surface area (Å²) in [4.78, 5) is 14.0. The number of pyridine rings is 1.